The minimum Gasteiger partial charge on any atom is -0.326 e. The topological polar surface area (TPSA) is 58.2 Å². The van der Waals surface area contributed by atoms with E-state index in [4.69, 9.17) is 0 Å². The lowest BCUT2D eigenvalue weighted by Gasteiger charge is -2.27. The van der Waals surface area contributed by atoms with Crippen molar-refractivity contribution in [3.63, 3.8) is 0 Å². The molecule has 2 aromatic rings. The van der Waals surface area contributed by atoms with E-state index in [-0.39, 0.29) is 35.3 Å². The molecule has 6 heteroatoms. The molecule has 2 amide bonds. The van der Waals surface area contributed by atoms with Crippen LogP contribution in [0.4, 0.5) is 20.2 Å². The van der Waals surface area contributed by atoms with Crippen molar-refractivity contribution in [3.05, 3.63) is 59.2 Å². The Morgan fingerprint density at radius 2 is 1.11 bits per heavy atom. The smallest absolute Gasteiger partial charge is 0.227 e. The zero-order valence-electron chi connectivity index (χ0n) is 16.0. The highest BCUT2D eigenvalue weighted by atomic mass is 19.1. The van der Waals surface area contributed by atoms with Gasteiger partial charge in [-0.3, -0.25) is 9.59 Å². The Hall–Kier alpha value is -2.76. The van der Waals surface area contributed by atoms with Gasteiger partial charge < -0.3 is 10.6 Å². The zero-order valence-corrected chi connectivity index (χ0v) is 16.0. The zero-order chi connectivity index (χ0) is 20.3. The van der Waals surface area contributed by atoms with E-state index < -0.39 is 0 Å². The van der Waals surface area contributed by atoms with Crippen LogP contribution in [0.5, 0.6) is 0 Å². The summed E-state index contributed by atoms with van der Waals surface area (Å²) in [5.41, 5.74) is 1.93. The van der Waals surface area contributed by atoms with Crippen molar-refractivity contribution < 1.29 is 18.4 Å². The third-order valence-corrected chi connectivity index (χ3v) is 5.35. The molecule has 0 aliphatic heterocycles. The second kappa shape index (κ2) is 8.50. The molecule has 1 aliphatic carbocycles. The molecule has 28 heavy (non-hydrogen) atoms. The molecule has 1 fully saturated rings. The molecule has 1 saturated carbocycles. The summed E-state index contributed by atoms with van der Waals surface area (Å²) >= 11 is 0. The summed E-state index contributed by atoms with van der Waals surface area (Å²) in [4.78, 5) is 24.8. The minimum absolute atomic E-state index is 0.150. The summed E-state index contributed by atoms with van der Waals surface area (Å²) in [7, 11) is 0. The van der Waals surface area contributed by atoms with E-state index in [0.717, 1.165) is 0 Å². The van der Waals surface area contributed by atoms with Crippen molar-refractivity contribution in [2.45, 2.75) is 39.5 Å². The Morgan fingerprint density at radius 1 is 0.750 bits per heavy atom. The second-order valence-corrected chi connectivity index (χ2v) is 7.45. The lowest BCUT2D eigenvalue weighted by Crippen LogP contribution is -2.32. The predicted molar refractivity (Wildman–Crippen MR) is 105 cm³/mol. The van der Waals surface area contributed by atoms with Crippen LogP contribution in [0.2, 0.25) is 0 Å². The molecule has 4 nitrogen and oxygen atoms in total. The number of carbonyl (C=O) groups is 2. The van der Waals surface area contributed by atoms with Crippen LogP contribution in [0.25, 0.3) is 0 Å². The summed E-state index contributed by atoms with van der Waals surface area (Å²) in [6.07, 6.45) is 2.34. The third kappa shape index (κ3) is 4.74. The number of benzene rings is 2. The molecule has 1 aliphatic rings. The first kappa shape index (κ1) is 20.0. The first-order valence-electron chi connectivity index (χ1n) is 9.47. The van der Waals surface area contributed by atoms with Crippen LogP contribution in [0.1, 0.15) is 36.8 Å². The standard InChI is InChI=1S/C22H24F2N2O2/c1-13-3-9-17(11-19(13)23)25-21(27)15-5-7-16(8-6-15)22(28)26-18-10-4-14(2)20(24)12-18/h3-4,9-12,15-16H,5-8H2,1-2H3,(H,25,27)(H,26,28). The van der Waals surface area contributed by atoms with Crippen LogP contribution >= 0.6 is 0 Å². The number of carbonyl (C=O) groups excluding carboxylic acids is 2. The van der Waals surface area contributed by atoms with Crippen molar-refractivity contribution in [2.75, 3.05) is 10.6 Å². The van der Waals surface area contributed by atoms with Gasteiger partial charge in [-0.2, -0.15) is 0 Å². The number of nitrogens with one attached hydrogen (secondary N) is 2. The first-order valence-corrected chi connectivity index (χ1v) is 9.47. The molecule has 3 rings (SSSR count). The number of anilines is 2. The first-order chi connectivity index (χ1) is 13.3. The van der Waals surface area contributed by atoms with Crippen molar-refractivity contribution in [1.82, 2.24) is 0 Å². The third-order valence-electron chi connectivity index (χ3n) is 5.35. The van der Waals surface area contributed by atoms with E-state index in [1.165, 1.54) is 12.1 Å². The average Bonchev–Trinajstić information content (AvgIpc) is 2.67. The SMILES string of the molecule is Cc1ccc(NC(=O)C2CCC(C(=O)Nc3ccc(C)c(F)c3)CC2)cc1F. The van der Waals surface area contributed by atoms with Crippen molar-refractivity contribution >= 4 is 23.2 Å². The van der Waals surface area contributed by atoms with Crippen LogP contribution in [0.3, 0.4) is 0 Å². The highest BCUT2D eigenvalue weighted by Gasteiger charge is 2.30. The molecule has 2 aromatic carbocycles. The van der Waals surface area contributed by atoms with Gasteiger partial charge in [-0.25, -0.2) is 8.78 Å². The molecule has 0 aromatic heterocycles. The van der Waals surface area contributed by atoms with Crippen LogP contribution in [0.15, 0.2) is 36.4 Å². The molecule has 148 valence electrons. The number of aryl methyl sites for hydroxylation is 2. The van der Waals surface area contributed by atoms with Gasteiger partial charge in [-0.1, -0.05) is 12.1 Å². The Bertz CT molecular complexity index is 817. The highest BCUT2D eigenvalue weighted by molar-refractivity contribution is 5.94. The van der Waals surface area contributed by atoms with Gasteiger partial charge in [0.1, 0.15) is 11.6 Å². The molecule has 0 saturated heterocycles. The second-order valence-electron chi connectivity index (χ2n) is 7.45. The van der Waals surface area contributed by atoms with Crippen LogP contribution < -0.4 is 10.6 Å². The quantitative estimate of drug-likeness (QED) is 0.780. The van der Waals surface area contributed by atoms with Gasteiger partial charge in [-0.15, -0.1) is 0 Å². The largest absolute Gasteiger partial charge is 0.326 e. The summed E-state index contributed by atoms with van der Waals surface area (Å²) in [6, 6.07) is 9.23. The molecule has 0 heterocycles. The maximum Gasteiger partial charge on any atom is 0.227 e. The highest BCUT2D eigenvalue weighted by Crippen LogP contribution is 2.31. The lowest BCUT2D eigenvalue weighted by molar-refractivity contribution is -0.125. The van der Waals surface area contributed by atoms with Crippen molar-refractivity contribution in [1.29, 1.82) is 0 Å². The van der Waals surface area contributed by atoms with Crippen molar-refractivity contribution in [3.8, 4) is 0 Å². The molecule has 0 radical (unpaired) electrons. The fraction of sp³-hybridized carbons (Fsp3) is 0.364. The van der Waals surface area contributed by atoms with Crippen LogP contribution in [-0.2, 0) is 9.59 Å². The van der Waals surface area contributed by atoms with E-state index >= 15 is 0 Å². The van der Waals surface area contributed by atoms with Gasteiger partial charge in [0.15, 0.2) is 0 Å². The number of rotatable bonds is 4. The maximum absolute atomic E-state index is 13.6. The molecule has 0 spiro atoms. The Balaban J connectivity index is 1.51. The van der Waals surface area contributed by atoms with Crippen molar-refractivity contribution in [2.24, 2.45) is 11.8 Å². The fourth-order valence-corrected chi connectivity index (χ4v) is 3.45. The predicted octanol–water partition coefficient (Wildman–Crippen LogP) is 4.97. The summed E-state index contributed by atoms with van der Waals surface area (Å²) in [5.74, 6) is -1.42. The summed E-state index contributed by atoms with van der Waals surface area (Å²) in [5, 5.41) is 5.51. The number of amides is 2. The van der Waals surface area contributed by atoms with Crippen LogP contribution in [0, 0.1) is 37.3 Å². The van der Waals surface area contributed by atoms with E-state index in [2.05, 4.69) is 10.6 Å². The Labute approximate surface area is 163 Å². The lowest BCUT2D eigenvalue weighted by atomic mass is 9.81. The number of hydrogen-bond acceptors (Lipinski definition) is 2. The van der Waals surface area contributed by atoms with E-state index in [1.807, 2.05) is 0 Å². The molecule has 2 N–H and O–H groups in total. The molecular weight excluding hydrogens is 362 g/mol. The van der Waals surface area contributed by atoms with Gasteiger partial charge in [0.2, 0.25) is 11.8 Å². The van der Waals surface area contributed by atoms with Gasteiger partial charge in [0, 0.05) is 23.2 Å². The van der Waals surface area contributed by atoms with E-state index in [1.54, 1.807) is 38.1 Å². The molecule has 0 unspecified atom stereocenters. The Morgan fingerprint density at radius 3 is 1.43 bits per heavy atom. The summed E-state index contributed by atoms with van der Waals surface area (Å²) < 4.78 is 27.2. The summed E-state index contributed by atoms with van der Waals surface area (Å²) in [6.45, 7) is 3.33. The van der Waals surface area contributed by atoms with Gasteiger partial charge in [0.05, 0.1) is 0 Å². The van der Waals surface area contributed by atoms with Crippen LogP contribution in [-0.4, -0.2) is 11.8 Å². The van der Waals surface area contributed by atoms with Gasteiger partial charge >= 0.3 is 0 Å². The monoisotopic (exact) mass is 386 g/mol. The Kier molecular flexibility index (Phi) is 6.07. The number of halogens is 2. The molecule has 0 atom stereocenters. The molecule has 0 bridgehead atoms. The molecular formula is C22H24F2N2O2. The van der Waals surface area contributed by atoms with E-state index in [9.17, 15) is 18.4 Å². The normalized spacial score (nSPS) is 19.1. The van der Waals surface area contributed by atoms with Gasteiger partial charge in [-0.05, 0) is 74.9 Å². The maximum atomic E-state index is 13.6. The average molecular weight is 386 g/mol. The fourth-order valence-electron chi connectivity index (χ4n) is 3.45. The minimum atomic E-state index is -0.356. The van der Waals surface area contributed by atoms with E-state index in [0.29, 0.717) is 48.2 Å². The number of hydrogen-bond donors (Lipinski definition) is 2. The van der Waals surface area contributed by atoms with Gasteiger partial charge in [0.25, 0.3) is 0 Å².